The van der Waals surface area contributed by atoms with Crippen LogP contribution in [-0.2, 0) is 23.7 Å². The Bertz CT molecular complexity index is 1160. The first-order valence-corrected chi connectivity index (χ1v) is 18.2. The number of allylic oxidation sites excluding steroid dienone is 2. The van der Waals surface area contributed by atoms with E-state index in [-0.39, 0.29) is 36.9 Å². The van der Waals surface area contributed by atoms with Gasteiger partial charge in [0.15, 0.2) is 6.10 Å². The van der Waals surface area contributed by atoms with Crippen LogP contribution in [0.15, 0.2) is 36.0 Å². The van der Waals surface area contributed by atoms with Gasteiger partial charge in [0.05, 0.1) is 36.4 Å². The number of esters is 1. The van der Waals surface area contributed by atoms with Gasteiger partial charge in [0.1, 0.15) is 11.7 Å². The Labute approximate surface area is 294 Å². The summed E-state index contributed by atoms with van der Waals surface area (Å²) < 4.78 is 23.7. The molecule has 0 radical (unpaired) electrons. The van der Waals surface area contributed by atoms with E-state index < -0.39 is 47.7 Å². The fraction of sp³-hybridized carbons (Fsp3) is 0.789. The van der Waals surface area contributed by atoms with Crippen molar-refractivity contribution in [3.8, 4) is 0 Å². The number of cyclic esters (lactones) is 1. The van der Waals surface area contributed by atoms with Gasteiger partial charge >= 0.3 is 12.1 Å². The summed E-state index contributed by atoms with van der Waals surface area (Å²) in [5, 5.41) is 32.0. The summed E-state index contributed by atoms with van der Waals surface area (Å²) in [7, 11) is 1.57. The van der Waals surface area contributed by atoms with E-state index in [1.165, 1.54) is 0 Å². The minimum Gasteiger partial charge on any atom is -0.457 e. The molecule has 0 aromatic rings. The SMILES string of the molecule is CCC(O)C(C)C1OC1CC(C)(O)/C=C/C=C(\C)C1OC(=O)CC(O)CCC(C)(OC)C(OC(=O)N2CCN(CC(C)C)CC2)/C=C/C1C. The molecule has 2 fully saturated rings. The monoisotopic (exact) mass is 692 g/mol. The number of piperazine rings is 1. The van der Waals surface area contributed by atoms with Crippen LogP contribution in [0, 0.1) is 17.8 Å². The molecule has 3 heterocycles. The smallest absolute Gasteiger partial charge is 0.410 e. The Hall–Kier alpha value is -2.28. The third kappa shape index (κ3) is 12.5. The van der Waals surface area contributed by atoms with Crippen LogP contribution in [0.1, 0.15) is 87.5 Å². The van der Waals surface area contributed by atoms with Gasteiger partial charge in [0.25, 0.3) is 0 Å². The highest BCUT2D eigenvalue weighted by molar-refractivity contribution is 5.70. The van der Waals surface area contributed by atoms with E-state index in [0.29, 0.717) is 38.3 Å². The van der Waals surface area contributed by atoms with Crippen molar-refractivity contribution >= 4 is 12.1 Å². The fourth-order valence-corrected chi connectivity index (χ4v) is 6.82. The molecular weight excluding hydrogens is 628 g/mol. The maximum atomic E-state index is 13.4. The number of methoxy groups -OCH3 is 1. The number of epoxide rings is 1. The first-order chi connectivity index (χ1) is 23.0. The summed E-state index contributed by atoms with van der Waals surface area (Å²) in [6, 6.07) is 0. The Balaban J connectivity index is 1.76. The van der Waals surface area contributed by atoms with Crippen LogP contribution in [0.4, 0.5) is 4.79 Å². The van der Waals surface area contributed by atoms with Gasteiger partial charge < -0.3 is 39.2 Å². The number of carbonyl (C=O) groups excluding carboxylic acids is 2. The number of ether oxygens (including phenoxy) is 4. The number of amides is 1. The fourth-order valence-electron chi connectivity index (χ4n) is 6.82. The molecule has 0 spiro atoms. The molecule has 3 rings (SSSR count). The second-order valence-corrected chi connectivity index (χ2v) is 15.4. The maximum Gasteiger partial charge on any atom is 0.410 e. The van der Waals surface area contributed by atoms with E-state index in [1.807, 2.05) is 52.8 Å². The normalized spacial score (nSPS) is 34.0. The van der Waals surface area contributed by atoms with Crippen molar-refractivity contribution in [3.05, 3.63) is 36.0 Å². The summed E-state index contributed by atoms with van der Waals surface area (Å²) in [5.74, 6) is -0.282. The van der Waals surface area contributed by atoms with Crippen molar-refractivity contribution in [2.45, 2.75) is 135 Å². The zero-order chi connectivity index (χ0) is 36.5. The van der Waals surface area contributed by atoms with Crippen molar-refractivity contribution in [3.63, 3.8) is 0 Å². The van der Waals surface area contributed by atoms with Crippen molar-refractivity contribution < 1.29 is 43.9 Å². The predicted octanol–water partition coefficient (Wildman–Crippen LogP) is 4.64. The summed E-state index contributed by atoms with van der Waals surface area (Å²) in [5.41, 5.74) is -1.35. The van der Waals surface area contributed by atoms with Crippen LogP contribution >= 0.6 is 0 Å². The van der Waals surface area contributed by atoms with Crippen LogP contribution in [0.5, 0.6) is 0 Å². The highest BCUT2D eigenvalue weighted by Gasteiger charge is 2.47. The molecule has 280 valence electrons. The predicted molar refractivity (Wildman–Crippen MR) is 189 cm³/mol. The molecule has 3 N–H and O–H groups in total. The summed E-state index contributed by atoms with van der Waals surface area (Å²) in [6.07, 6.45) is 7.01. The maximum absolute atomic E-state index is 13.4. The number of aliphatic hydroxyl groups excluding tert-OH is 2. The van der Waals surface area contributed by atoms with E-state index in [1.54, 1.807) is 31.1 Å². The lowest BCUT2D eigenvalue weighted by Crippen LogP contribution is -2.52. The minimum atomic E-state index is -1.14. The van der Waals surface area contributed by atoms with E-state index in [2.05, 4.69) is 18.7 Å². The van der Waals surface area contributed by atoms with E-state index in [0.717, 1.165) is 25.2 Å². The largest absolute Gasteiger partial charge is 0.457 e. The van der Waals surface area contributed by atoms with Crippen LogP contribution in [0.25, 0.3) is 0 Å². The quantitative estimate of drug-likeness (QED) is 0.115. The van der Waals surface area contributed by atoms with Crippen molar-refractivity contribution in [2.24, 2.45) is 17.8 Å². The van der Waals surface area contributed by atoms with Crippen LogP contribution in [0.2, 0.25) is 0 Å². The van der Waals surface area contributed by atoms with Gasteiger partial charge in [-0.05, 0) is 57.6 Å². The second kappa shape index (κ2) is 18.3. The Kier molecular flexibility index (Phi) is 15.4. The van der Waals surface area contributed by atoms with E-state index in [4.69, 9.17) is 18.9 Å². The summed E-state index contributed by atoms with van der Waals surface area (Å²) >= 11 is 0. The molecular formula is C38H64N2O9. The van der Waals surface area contributed by atoms with E-state index >= 15 is 0 Å². The molecule has 3 aliphatic rings. The first kappa shape index (κ1) is 41.1. The third-order valence-corrected chi connectivity index (χ3v) is 10.3. The molecule has 0 aromatic heterocycles. The summed E-state index contributed by atoms with van der Waals surface area (Å²) in [4.78, 5) is 30.5. The zero-order valence-corrected chi connectivity index (χ0v) is 31.3. The number of hydrogen-bond donors (Lipinski definition) is 3. The minimum absolute atomic E-state index is 0.00377. The second-order valence-electron chi connectivity index (χ2n) is 15.4. The lowest BCUT2D eigenvalue weighted by Gasteiger charge is -2.39. The van der Waals surface area contributed by atoms with Gasteiger partial charge in [-0.1, -0.05) is 58.9 Å². The Morgan fingerprint density at radius 1 is 1.20 bits per heavy atom. The average Bonchev–Trinajstić information content (AvgIpc) is 3.80. The standard InChI is InChI=1S/C38H64N2O9/c1-10-30(42)28(6)35-31(47-35)23-37(7,45)16-11-12-26(4)34-27(5)13-14-32(38(8,46-9)17-15-29(41)22-33(43)49-34)48-36(44)40-20-18-39(19-21-40)24-25(2)3/h11-14,16,25,27-32,34-35,41-42,45H,10,15,17-24H2,1-9H3/b14-13+,16-11+,26-12+. The van der Waals surface area contributed by atoms with Crippen molar-refractivity contribution in [1.29, 1.82) is 0 Å². The third-order valence-electron chi connectivity index (χ3n) is 10.3. The number of aliphatic hydroxyl groups is 3. The Morgan fingerprint density at radius 2 is 1.88 bits per heavy atom. The number of carbonyl (C=O) groups is 2. The van der Waals surface area contributed by atoms with Gasteiger partial charge in [-0.25, -0.2) is 4.79 Å². The van der Waals surface area contributed by atoms with Gasteiger partial charge in [0, 0.05) is 58.1 Å². The van der Waals surface area contributed by atoms with E-state index in [9.17, 15) is 24.9 Å². The molecule has 0 aromatic carbocycles. The van der Waals surface area contributed by atoms with Gasteiger partial charge in [-0.3, -0.25) is 9.69 Å². The summed E-state index contributed by atoms with van der Waals surface area (Å²) in [6.45, 7) is 19.4. The van der Waals surface area contributed by atoms with Gasteiger partial charge in [-0.15, -0.1) is 0 Å². The highest BCUT2D eigenvalue weighted by atomic mass is 16.6. The number of rotatable bonds is 12. The van der Waals surface area contributed by atoms with Gasteiger partial charge in [0.2, 0.25) is 0 Å². The average molecular weight is 693 g/mol. The number of nitrogens with zero attached hydrogens (tertiary/aromatic N) is 2. The molecule has 10 unspecified atom stereocenters. The molecule has 3 aliphatic heterocycles. The van der Waals surface area contributed by atoms with Crippen LogP contribution in [0.3, 0.4) is 0 Å². The van der Waals surface area contributed by atoms with Crippen LogP contribution < -0.4 is 0 Å². The molecule has 2 saturated heterocycles. The Morgan fingerprint density at radius 3 is 2.49 bits per heavy atom. The van der Waals surface area contributed by atoms with Crippen molar-refractivity contribution in [1.82, 2.24) is 9.80 Å². The number of hydrogen-bond acceptors (Lipinski definition) is 10. The topological polar surface area (TPSA) is 142 Å². The molecule has 10 atom stereocenters. The van der Waals surface area contributed by atoms with Crippen molar-refractivity contribution in [2.75, 3.05) is 39.8 Å². The van der Waals surface area contributed by atoms with Crippen LogP contribution in [-0.4, -0.2) is 125 Å². The lowest BCUT2D eigenvalue weighted by atomic mass is 9.88. The molecule has 49 heavy (non-hydrogen) atoms. The highest BCUT2D eigenvalue weighted by Crippen LogP contribution is 2.37. The molecule has 1 amide bonds. The zero-order valence-electron chi connectivity index (χ0n) is 31.3. The molecule has 11 nitrogen and oxygen atoms in total. The molecule has 0 aliphatic carbocycles. The molecule has 0 bridgehead atoms. The first-order valence-electron chi connectivity index (χ1n) is 18.2. The molecule has 0 saturated carbocycles. The molecule has 11 heteroatoms. The van der Waals surface area contributed by atoms with Gasteiger partial charge in [-0.2, -0.15) is 0 Å². The lowest BCUT2D eigenvalue weighted by molar-refractivity contribution is -0.151.